The molecule has 0 heterocycles. The molecule has 0 unspecified atom stereocenters. The van der Waals surface area contributed by atoms with Gasteiger partial charge in [-0.25, -0.2) is 0 Å². The van der Waals surface area contributed by atoms with E-state index in [1.165, 1.54) is 24.0 Å². The molecule has 14 heavy (non-hydrogen) atoms. The Morgan fingerprint density at radius 1 is 1.07 bits per heavy atom. The van der Waals surface area contributed by atoms with Crippen molar-refractivity contribution in [2.45, 2.75) is 39.7 Å². The lowest BCUT2D eigenvalue weighted by molar-refractivity contribution is 0.0738. The molecule has 1 aliphatic rings. The molecule has 1 aromatic rings. The Kier molecular flexibility index (Phi) is 2.49. The summed E-state index contributed by atoms with van der Waals surface area (Å²) in [5.41, 5.74) is 2.57. The summed E-state index contributed by atoms with van der Waals surface area (Å²) in [6, 6.07) is 6.42. The lowest BCUT2D eigenvalue weighted by Crippen LogP contribution is -2.31. The van der Waals surface area contributed by atoms with Crippen molar-refractivity contribution in [3.8, 4) is 5.75 Å². The minimum atomic E-state index is 0.464. The fraction of sp³-hybridized carbons (Fsp3) is 0.538. The van der Waals surface area contributed by atoms with Crippen LogP contribution in [0.25, 0.3) is 0 Å². The number of rotatable bonds is 2. The molecular weight excluding hydrogens is 172 g/mol. The van der Waals surface area contributed by atoms with Crippen molar-refractivity contribution in [3.05, 3.63) is 29.3 Å². The Bertz CT molecular complexity index is 304. The number of ether oxygens (including phenoxy) is 1. The first-order valence-corrected chi connectivity index (χ1v) is 5.38. The molecule has 1 aromatic carbocycles. The van der Waals surface area contributed by atoms with Gasteiger partial charge in [-0.1, -0.05) is 13.0 Å². The molecule has 0 radical (unpaired) electrons. The van der Waals surface area contributed by atoms with Gasteiger partial charge in [-0.2, -0.15) is 0 Å². The third-order valence-electron chi connectivity index (χ3n) is 2.83. The standard InChI is InChI=1S/C13H18O/c1-9-4-10(2)6-12(5-9)14-13-7-11(3)8-13/h4-6,11,13H,7-8H2,1-3H3. The van der Waals surface area contributed by atoms with E-state index in [0.29, 0.717) is 6.10 Å². The van der Waals surface area contributed by atoms with Gasteiger partial charge in [0.25, 0.3) is 0 Å². The molecule has 1 heteroatoms. The highest BCUT2D eigenvalue weighted by Crippen LogP contribution is 2.31. The second-order valence-corrected chi connectivity index (χ2v) is 4.64. The van der Waals surface area contributed by atoms with Gasteiger partial charge in [-0.05, 0) is 55.9 Å². The van der Waals surface area contributed by atoms with Gasteiger partial charge in [0, 0.05) is 0 Å². The topological polar surface area (TPSA) is 9.23 Å². The van der Waals surface area contributed by atoms with Crippen LogP contribution in [-0.2, 0) is 0 Å². The van der Waals surface area contributed by atoms with E-state index in [9.17, 15) is 0 Å². The zero-order chi connectivity index (χ0) is 10.1. The lowest BCUT2D eigenvalue weighted by Gasteiger charge is -2.33. The second kappa shape index (κ2) is 3.64. The van der Waals surface area contributed by atoms with Crippen LogP contribution < -0.4 is 4.74 Å². The van der Waals surface area contributed by atoms with Gasteiger partial charge in [0.1, 0.15) is 5.75 Å². The van der Waals surface area contributed by atoms with E-state index in [1.807, 2.05) is 0 Å². The molecule has 0 N–H and O–H groups in total. The van der Waals surface area contributed by atoms with Crippen molar-refractivity contribution in [2.75, 3.05) is 0 Å². The van der Waals surface area contributed by atoms with Crippen LogP contribution in [0.15, 0.2) is 18.2 Å². The highest BCUT2D eigenvalue weighted by molar-refractivity contribution is 5.33. The molecule has 0 saturated heterocycles. The van der Waals surface area contributed by atoms with E-state index in [1.54, 1.807) is 0 Å². The van der Waals surface area contributed by atoms with Crippen molar-refractivity contribution in [1.29, 1.82) is 0 Å². The largest absolute Gasteiger partial charge is 0.490 e. The maximum atomic E-state index is 5.88. The fourth-order valence-electron chi connectivity index (χ4n) is 2.12. The minimum Gasteiger partial charge on any atom is -0.490 e. The van der Waals surface area contributed by atoms with Crippen LogP contribution in [0.5, 0.6) is 5.75 Å². The molecule has 1 aliphatic carbocycles. The zero-order valence-electron chi connectivity index (χ0n) is 9.21. The summed E-state index contributed by atoms with van der Waals surface area (Å²) in [5.74, 6) is 1.89. The Morgan fingerprint density at radius 3 is 2.14 bits per heavy atom. The molecule has 0 aromatic heterocycles. The van der Waals surface area contributed by atoms with Crippen LogP contribution in [0.3, 0.4) is 0 Å². The summed E-state index contributed by atoms with van der Waals surface area (Å²) in [6.45, 7) is 6.51. The van der Waals surface area contributed by atoms with Gasteiger partial charge >= 0.3 is 0 Å². The summed E-state index contributed by atoms with van der Waals surface area (Å²) in [7, 11) is 0. The summed E-state index contributed by atoms with van der Waals surface area (Å²) < 4.78 is 5.88. The van der Waals surface area contributed by atoms with Gasteiger partial charge in [-0.15, -0.1) is 0 Å². The predicted molar refractivity (Wildman–Crippen MR) is 58.7 cm³/mol. The summed E-state index contributed by atoms with van der Waals surface area (Å²) in [6.07, 6.45) is 2.89. The lowest BCUT2D eigenvalue weighted by atomic mass is 9.84. The molecule has 0 amide bonds. The molecule has 2 rings (SSSR count). The first-order valence-electron chi connectivity index (χ1n) is 5.38. The van der Waals surface area contributed by atoms with Crippen molar-refractivity contribution in [1.82, 2.24) is 0 Å². The monoisotopic (exact) mass is 190 g/mol. The van der Waals surface area contributed by atoms with Gasteiger partial charge in [-0.3, -0.25) is 0 Å². The first-order chi connectivity index (χ1) is 6.63. The second-order valence-electron chi connectivity index (χ2n) is 4.64. The molecule has 76 valence electrons. The molecule has 1 saturated carbocycles. The third kappa shape index (κ3) is 2.09. The van der Waals surface area contributed by atoms with E-state index in [2.05, 4.69) is 39.0 Å². The molecule has 1 nitrogen and oxygen atoms in total. The SMILES string of the molecule is Cc1cc(C)cc(OC2CC(C)C2)c1. The highest BCUT2D eigenvalue weighted by Gasteiger charge is 2.26. The van der Waals surface area contributed by atoms with Crippen molar-refractivity contribution in [3.63, 3.8) is 0 Å². The Balaban J connectivity index is 2.02. The number of hydrogen-bond donors (Lipinski definition) is 0. The Hall–Kier alpha value is -0.980. The van der Waals surface area contributed by atoms with E-state index >= 15 is 0 Å². The van der Waals surface area contributed by atoms with E-state index < -0.39 is 0 Å². The van der Waals surface area contributed by atoms with E-state index in [4.69, 9.17) is 4.74 Å². The van der Waals surface area contributed by atoms with Crippen LogP contribution in [-0.4, -0.2) is 6.10 Å². The number of aryl methyl sites for hydroxylation is 2. The Morgan fingerprint density at radius 2 is 1.64 bits per heavy atom. The van der Waals surface area contributed by atoms with E-state index in [0.717, 1.165) is 11.7 Å². The molecule has 0 aliphatic heterocycles. The van der Waals surface area contributed by atoms with Crippen LogP contribution in [0, 0.1) is 19.8 Å². The van der Waals surface area contributed by atoms with Crippen molar-refractivity contribution in [2.24, 2.45) is 5.92 Å². The molecule has 0 spiro atoms. The minimum absolute atomic E-state index is 0.464. The van der Waals surface area contributed by atoms with Crippen LogP contribution in [0.1, 0.15) is 30.9 Å². The van der Waals surface area contributed by atoms with Crippen molar-refractivity contribution < 1.29 is 4.74 Å². The molecular formula is C13H18O. The number of hydrogen-bond acceptors (Lipinski definition) is 1. The van der Waals surface area contributed by atoms with Crippen LogP contribution in [0.2, 0.25) is 0 Å². The smallest absolute Gasteiger partial charge is 0.120 e. The Labute approximate surface area is 86.1 Å². The molecule has 0 bridgehead atoms. The molecule has 0 atom stereocenters. The quantitative estimate of drug-likeness (QED) is 0.693. The average molecular weight is 190 g/mol. The van der Waals surface area contributed by atoms with Gasteiger partial charge in [0.15, 0.2) is 0 Å². The zero-order valence-corrected chi connectivity index (χ0v) is 9.21. The summed E-state index contributed by atoms with van der Waals surface area (Å²) in [4.78, 5) is 0. The van der Waals surface area contributed by atoms with Gasteiger partial charge < -0.3 is 4.74 Å². The van der Waals surface area contributed by atoms with Crippen LogP contribution >= 0.6 is 0 Å². The van der Waals surface area contributed by atoms with Gasteiger partial charge in [0.05, 0.1) is 6.10 Å². The third-order valence-corrected chi connectivity index (χ3v) is 2.83. The maximum absolute atomic E-state index is 5.88. The van der Waals surface area contributed by atoms with Gasteiger partial charge in [0.2, 0.25) is 0 Å². The molecule has 1 fully saturated rings. The fourth-order valence-corrected chi connectivity index (χ4v) is 2.12. The van der Waals surface area contributed by atoms with E-state index in [-0.39, 0.29) is 0 Å². The normalized spacial score (nSPS) is 25.6. The average Bonchev–Trinajstić information content (AvgIpc) is 1.99. The summed E-state index contributed by atoms with van der Waals surface area (Å²) >= 11 is 0. The maximum Gasteiger partial charge on any atom is 0.120 e. The predicted octanol–water partition coefficient (Wildman–Crippen LogP) is 3.48. The number of benzene rings is 1. The van der Waals surface area contributed by atoms with Crippen molar-refractivity contribution >= 4 is 0 Å². The van der Waals surface area contributed by atoms with Crippen LogP contribution in [0.4, 0.5) is 0 Å². The summed E-state index contributed by atoms with van der Waals surface area (Å²) in [5, 5.41) is 0. The highest BCUT2D eigenvalue weighted by atomic mass is 16.5. The first kappa shape index (κ1) is 9.57.